The van der Waals surface area contributed by atoms with Gasteiger partial charge in [0.1, 0.15) is 6.04 Å². The average molecular weight is 211 g/mol. The van der Waals surface area contributed by atoms with Gasteiger partial charge in [-0.3, -0.25) is 9.59 Å². The highest BCUT2D eigenvalue weighted by Crippen LogP contribution is 2.29. The molecule has 2 bridgehead atoms. The van der Waals surface area contributed by atoms with E-state index >= 15 is 0 Å². The molecule has 2 aliphatic rings. The molecule has 2 heterocycles. The van der Waals surface area contributed by atoms with Crippen molar-refractivity contribution >= 4 is 11.8 Å². The lowest BCUT2D eigenvalue weighted by Gasteiger charge is -2.29. The fourth-order valence-corrected chi connectivity index (χ4v) is 2.55. The summed E-state index contributed by atoms with van der Waals surface area (Å²) >= 11 is 0. The van der Waals surface area contributed by atoms with Gasteiger partial charge >= 0.3 is 0 Å². The summed E-state index contributed by atoms with van der Waals surface area (Å²) in [5, 5.41) is 2.83. The van der Waals surface area contributed by atoms with E-state index in [2.05, 4.69) is 5.32 Å². The van der Waals surface area contributed by atoms with Gasteiger partial charge in [-0.05, 0) is 19.4 Å². The van der Waals surface area contributed by atoms with Crippen molar-refractivity contribution in [2.75, 3.05) is 33.7 Å². The Morgan fingerprint density at radius 2 is 2.27 bits per heavy atom. The van der Waals surface area contributed by atoms with E-state index in [1.54, 1.807) is 16.8 Å². The van der Waals surface area contributed by atoms with E-state index in [9.17, 15) is 9.59 Å². The second-order valence-electron chi connectivity index (χ2n) is 4.41. The third-order valence-electron chi connectivity index (χ3n) is 3.23. The summed E-state index contributed by atoms with van der Waals surface area (Å²) in [7, 11) is 3.56. The zero-order valence-corrected chi connectivity index (χ0v) is 9.19. The van der Waals surface area contributed by atoms with Crippen molar-refractivity contribution in [3.8, 4) is 0 Å². The second-order valence-corrected chi connectivity index (χ2v) is 4.41. The van der Waals surface area contributed by atoms with Crippen molar-refractivity contribution in [3.05, 3.63) is 0 Å². The van der Waals surface area contributed by atoms with E-state index in [-0.39, 0.29) is 17.9 Å². The van der Waals surface area contributed by atoms with Crippen LogP contribution in [0.2, 0.25) is 0 Å². The maximum Gasteiger partial charge on any atom is 0.245 e. The molecule has 0 spiro atoms. The van der Waals surface area contributed by atoms with Crippen LogP contribution in [0.1, 0.15) is 6.42 Å². The molecule has 2 atom stereocenters. The number of carbonyl (C=O) groups is 2. The fourth-order valence-electron chi connectivity index (χ4n) is 2.55. The van der Waals surface area contributed by atoms with Crippen LogP contribution in [0, 0.1) is 5.92 Å². The molecular weight excluding hydrogens is 194 g/mol. The second kappa shape index (κ2) is 3.81. The van der Waals surface area contributed by atoms with E-state index in [0.717, 1.165) is 19.5 Å². The van der Waals surface area contributed by atoms with E-state index in [0.29, 0.717) is 12.5 Å². The van der Waals surface area contributed by atoms with E-state index in [1.165, 1.54) is 0 Å². The molecule has 84 valence electrons. The molecule has 0 aromatic rings. The van der Waals surface area contributed by atoms with Crippen LogP contribution in [-0.4, -0.2) is 61.4 Å². The van der Waals surface area contributed by atoms with Crippen molar-refractivity contribution in [1.29, 1.82) is 0 Å². The van der Waals surface area contributed by atoms with Gasteiger partial charge in [-0.25, -0.2) is 0 Å². The van der Waals surface area contributed by atoms with Crippen LogP contribution in [-0.2, 0) is 9.59 Å². The van der Waals surface area contributed by atoms with Crippen LogP contribution in [0.3, 0.4) is 0 Å². The lowest BCUT2D eigenvalue weighted by molar-refractivity contribution is -0.142. The summed E-state index contributed by atoms with van der Waals surface area (Å²) in [4.78, 5) is 27.0. The SMILES string of the molecule is CNCC(=O)N1C[C@@H]2C[C@H]1C(=O)N(C)C2. The smallest absolute Gasteiger partial charge is 0.245 e. The first-order valence-electron chi connectivity index (χ1n) is 5.32. The number of rotatable bonds is 2. The van der Waals surface area contributed by atoms with E-state index in [4.69, 9.17) is 0 Å². The van der Waals surface area contributed by atoms with Gasteiger partial charge in [0.05, 0.1) is 6.54 Å². The first-order chi connectivity index (χ1) is 7.13. The first-order valence-corrected chi connectivity index (χ1v) is 5.32. The van der Waals surface area contributed by atoms with Crippen LogP contribution in [0.25, 0.3) is 0 Å². The Bertz CT molecular complexity index is 292. The summed E-state index contributed by atoms with van der Waals surface area (Å²) in [6.45, 7) is 1.85. The maximum atomic E-state index is 11.8. The Kier molecular flexibility index (Phi) is 2.65. The highest BCUT2D eigenvalue weighted by molar-refractivity contribution is 5.89. The average Bonchev–Trinajstić information content (AvgIpc) is 2.55. The first kappa shape index (κ1) is 10.4. The summed E-state index contributed by atoms with van der Waals surface area (Å²) in [6, 6.07) is -0.199. The molecule has 15 heavy (non-hydrogen) atoms. The zero-order valence-electron chi connectivity index (χ0n) is 9.19. The Hall–Kier alpha value is -1.10. The Labute approximate surface area is 89.4 Å². The van der Waals surface area contributed by atoms with Crippen LogP contribution >= 0.6 is 0 Å². The van der Waals surface area contributed by atoms with Crippen molar-refractivity contribution in [2.45, 2.75) is 12.5 Å². The molecule has 5 nitrogen and oxygen atoms in total. The van der Waals surface area contributed by atoms with Gasteiger partial charge in [-0.15, -0.1) is 0 Å². The zero-order chi connectivity index (χ0) is 11.0. The molecule has 0 saturated carbocycles. The van der Waals surface area contributed by atoms with Gasteiger partial charge in [-0.2, -0.15) is 0 Å². The van der Waals surface area contributed by atoms with Gasteiger partial charge in [0.25, 0.3) is 0 Å². The molecule has 2 aliphatic heterocycles. The van der Waals surface area contributed by atoms with E-state index in [1.807, 2.05) is 7.05 Å². The van der Waals surface area contributed by atoms with Gasteiger partial charge in [0, 0.05) is 20.1 Å². The normalized spacial score (nSPS) is 29.9. The van der Waals surface area contributed by atoms with E-state index < -0.39 is 0 Å². The van der Waals surface area contributed by atoms with Crippen molar-refractivity contribution in [1.82, 2.24) is 15.1 Å². The number of nitrogens with one attached hydrogen (secondary N) is 1. The maximum absolute atomic E-state index is 11.8. The molecule has 1 N–H and O–H groups in total. The number of piperidine rings is 1. The summed E-state index contributed by atoms with van der Waals surface area (Å²) in [5.41, 5.74) is 0. The number of likely N-dealkylation sites (N-methyl/N-ethyl adjacent to an activating group) is 2. The fraction of sp³-hybridized carbons (Fsp3) is 0.800. The lowest BCUT2D eigenvalue weighted by Crippen LogP contribution is -2.48. The number of fused-ring (bicyclic) bond motifs is 2. The molecule has 2 amide bonds. The van der Waals surface area contributed by atoms with Crippen molar-refractivity contribution < 1.29 is 9.59 Å². The van der Waals surface area contributed by atoms with Gasteiger partial charge in [0.15, 0.2) is 0 Å². The van der Waals surface area contributed by atoms with Crippen molar-refractivity contribution in [2.24, 2.45) is 5.92 Å². The van der Waals surface area contributed by atoms with Crippen LogP contribution in [0.15, 0.2) is 0 Å². The lowest BCUT2D eigenvalue weighted by atomic mass is 10.00. The highest BCUT2D eigenvalue weighted by atomic mass is 16.2. The van der Waals surface area contributed by atoms with Crippen molar-refractivity contribution in [3.63, 3.8) is 0 Å². The quantitative estimate of drug-likeness (QED) is 0.630. The monoisotopic (exact) mass is 211 g/mol. The molecule has 0 aliphatic carbocycles. The molecule has 5 heteroatoms. The Morgan fingerprint density at radius 1 is 1.53 bits per heavy atom. The van der Waals surface area contributed by atoms with Crippen LogP contribution in [0.5, 0.6) is 0 Å². The molecule has 2 rings (SSSR count). The summed E-state index contributed by atoms with van der Waals surface area (Å²) < 4.78 is 0. The van der Waals surface area contributed by atoms with Gasteiger partial charge in [-0.1, -0.05) is 0 Å². The van der Waals surface area contributed by atoms with Crippen LogP contribution < -0.4 is 5.32 Å². The standard InChI is InChI=1S/C10H17N3O2/c1-11-4-9(14)13-6-7-3-8(13)10(15)12(2)5-7/h7-8,11H,3-6H2,1-2H3/t7-,8+/m1/s1. The summed E-state index contributed by atoms with van der Waals surface area (Å²) in [5.74, 6) is 0.598. The number of nitrogens with zero attached hydrogens (tertiary/aromatic N) is 2. The predicted octanol–water partition coefficient (Wildman–Crippen LogP) is -1.11. The minimum absolute atomic E-state index is 0.0358. The number of carbonyl (C=O) groups excluding carboxylic acids is 2. The molecule has 0 aromatic carbocycles. The topological polar surface area (TPSA) is 52.7 Å². The minimum Gasteiger partial charge on any atom is -0.344 e. The summed E-state index contributed by atoms with van der Waals surface area (Å²) in [6.07, 6.45) is 0.846. The molecule has 0 unspecified atom stereocenters. The Balaban J connectivity index is 2.10. The molecular formula is C10H17N3O2. The largest absolute Gasteiger partial charge is 0.344 e. The van der Waals surface area contributed by atoms with Gasteiger partial charge < -0.3 is 15.1 Å². The third kappa shape index (κ3) is 1.71. The number of hydrogen-bond donors (Lipinski definition) is 1. The minimum atomic E-state index is -0.199. The molecule has 0 aromatic heterocycles. The Morgan fingerprint density at radius 3 is 2.93 bits per heavy atom. The molecule has 0 radical (unpaired) electrons. The number of likely N-dealkylation sites (tertiary alicyclic amines) is 2. The predicted molar refractivity (Wildman–Crippen MR) is 55.2 cm³/mol. The molecule has 2 saturated heterocycles. The third-order valence-corrected chi connectivity index (χ3v) is 3.23. The van der Waals surface area contributed by atoms with Gasteiger partial charge in [0.2, 0.25) is 11.8 Å². The number of amides is 2. The molecule has 2 fully saturated rings. The number of hydrogen-bond acceptors (Lipinski definition) is 3. The highest BCUT2D eigenvalue weighted by Gasteiger charge is 2.44. The van der Waals surface area contributed by atoms with Crippen LogP contribution in [0.4, 0.5) is 0 Å².